The smallest absolute Gasteiger partial charge is 0.308 e. The quantitative estimate of drug-likeness (QED) is 0.507. The van der Waals surface area contributed by atoms with Gasteiger partial charge in [0.05, 0.1) is 19.2 Å². The van der Waals surface area contributed by atoms with Gasteiger partial charge in [0, 0.05) is 26.5 Å². The summed E-state index contributed by atoms with van der Waals surface area (Å²) in [5.74, 6) is -0.316. The molecule has 9 nitrogen and oxygen atoms in total. The lowest BCUT2D eigenvalue weighted by Gasteiger charge is -2.27. The maximum Gasteiger partial charge on any atom is 0.308 e. The van der Waals surface area contributed by atoms with Gasteiger partial charge >= 0.3 is 5.97 Å². The maximum atomic E-state index is 12.4. The molecule has 0 saturated heterocycles. The van der Waals surface area contributed by atoms with E-state index in [1.807, 2.05) is 31.2 Å². The van der Waals surface area contributed by atoms with E-state index in [9.17, 15) is 14.4 Å². The van der Waals surface area contributed by atoms with E-state index in [0.29, 0.717) is 17.0 Å². The number of hydrazone groups is 1. The minimum atomic E-state index is -0.871. The molecule has 0 spiro atoms. The summed E-state index contributed by atoms with van der Waals surface area (Å²) >= 11 is 0. The second kappa shape index (κ2) is 9.51. The highest BCUT2D eigenvalue weighted by atomic mass is 16.5. The molecule has 0 N–H and O–H groups in total. The average Bonchev–Trinajstić information content (AvgIpc) is 3.16. The van der Waals surface area contributed by atoms with Gasteiger partial charge in [-0.1, -0.05) is 17.7 Å². The van der Waals surface area contributed by atoms with Crippen molar-refractivity contribution in [2.24, 2.45) is 5.10 Å². The minimum Gasteiger partial charge on any atom is -0.497 e. The van der Waals surface area contributed by atoms with Gasteiger partial charge in [-0.3, -0.25) is 14.4 Å². The van der Waals surface area contributed by atoms with E-state index in [2.05, 4.69) is 5.10 Å². The van der Waals surface area contributed by atoms with Gasteiger partial charge in [-0.15, -0.1) is 5.10 Å². The Labute approximate surface area is 186 Å². The molecule has 0 bridgehead atoms. The number of nitrogens with zero attached hydrogens (tertiary/aromatic N) is 3. The van der Waals surface area contributed by atoms with Crippen LogP contribution in [0.2, 0.25) is 0 Å². The topological polar surface area (TPSA) is 97.7 Å². The number of rotatable bonds is 6. The van der Waals surface area contributed by atoms with E-state index in [0.717, 1.165) is 10.6 Å². The maximum absolute atomic E-state index is 12.4. The highest BCUT2D eigenvalue weighted by Gasteiger charge is 2.35. The molecule has 0 unspecified atom stereocenters. The van der Waals surface area contributed by atoms with Gasteiger partial charge in [0.1, 0.15) is 11.5 Å². The summed E-state index contributed by atoms with van der Waals surface area (Å²) in [4.78, 5) is 37.7. The number of carbonyl (C=O) groups excluding carboxylic acids is 3. The molecule has 1 atom stereocenters. The molecule has 32 heavy (non-hydrogen) atoms. The Balaban J connectivity index is 1.93. The number of methoxy groups -OCH3 is 1. The predicted octanol–water partition coefficient (Wildman–Crippen LogP) is 2.85. The van der Waals surface area contributed by atoms with Gasteiger partial charge < -0.3 is 19.1 Å². The van der Waals surface area contributed by atoms with Crippen molar-refractivity contribution < 1.29 is 28.6 Å². The van der Waals surface area contributed by atoms with Gasteiger partial charge in [0.2, 0.25) is 23.9 Å². The monoisotopic (exact) mass is 439 g/mol. The van der Waals surface area contributed by atoms with Gasteiger partial charge in [0.25, 0.3) is 0 Å². The van der Waals surface area contributed by atoms with E-state index < -0.39 is 12.2 Å². The van der Waals surface area contributed by atoms with Crippen LogP contribution in [0.4, 0.5) is 5.69 Å². The molecule has 2 aromatic carbocycles. The van der Waals surface area contributed by atoms with Crippen molar-refractivity contribution in [3.8, 4) is 11.5 Å². The first-order valence-corrected chi connectivity index (χ1v) is 9.96. The van der Waals surface area contributed by atoms with Gasteiger partial charge in [-0.25, -0.2) is 0 Å². The summed E-state index contributed by atoms with van der Waals surface area (Å²) in [6.45, 7) is 6.08. The van der Waals surface area contributed by atoms with E-state index in [-0.39, 0.29) is 30.0 Å². The molecule has 168 valence electrons. The van der Waals surface area contributed by atoms with Gasteiger partial charge in [-0.05, 0) is 37.3 Å². The summed E-state index contributed by atoms with van der Waals surface area (Å²) < 4.78 is 16.5. The van der Waals surface area contributed by atoms with Crippen molar-refractivity contribution in [3.63, 3.8) is 0 Å². The number of hydrogen-bond donors (Lipinski definition) is 0. The molecule has 3 rings (SSSR count). The molecule has 1 aliphatic rings. The third-order valence-corrected chi connectivity index (χ3v) is 4.78. The van der Waals surface area contributed by atoms with Gasteiger partial charge in [0.15, 0.2) is 0 Å². The fraction of sp³-hybridized carbons (Fsp3) is 0.304. The summed E-state index contributed by atoms with van der Waals surface area (Å²) in [6.07, 6.45) is -0.871. The van der Waals surface area contributed by atoms with Crippen LogP contribution in [0.25, 0.3) is 0 Å². The predicted molar refractivity (Wildman–Crippen MR) is 117 cm³/mol. The number of amides is 2. The lowest BCUT2D eigenvalue weighted by atomic mass is 10.2. The Morgan fingerprint density at radius 2 is 1.78 bits per heavy atom. The number of carbonyl (C=O) groups is 3. The first-order chi connectivity index (χ1) is 15.2. The normalized spacial score (nSPS) is 15.0. The number of esters is 1. The van der Waals surface area contributed by atoms with Crippen LogP contribution in [-0.2, 0) is 19.1 Å². The Hall–Kier alpha value is -3.88. The highest BCUT2D eigenvalue weighted by molar-refractivity contribution is 6.00. The second-order valence-corrected chi connectivity index (χ2v) is 7.26. The zero-order valence-electron chi connectivity index (χ0n) is 18.6. The average molecular weight is 439 g/mol. The van der Waals surface area contributed by atoms with Crippen molar-refractivity contribution in [3.05, 3.63) is 53.6 Å². The Bertz CT molecular complexity index is 1060. The van der Waals surface area contributed by atoms with Crippen molar-refractivity contribution in [1.82, 2.24) is 5.01 Å². The third-order valence-electron chi connectivity index (χ3n) is 4.78. The molecule has 1 heterocycles. The molecule has 9 heteroatoms. The van der Waals surface area contributed by atoms with E-state index in [4.69, 9.17) is 14.2 Å². The van der Waals surface area contributed by atoms with Crippen LogP contribution in [0, 0.1) is 6.92 Å². The molecule has 2 amide bonds. The van der Waals surface area contributed by atoms with Crippen LogP contribution in [0.5, 0.6) is 11.5 Å². The highest BCUT2D eigenvalue weighted by Crippen LogP contribution is 2.30. The van der Waals surface area contributed by atoms with Crippen LogP contribution in [0.15, 0.2) is 47.6 Å². The summed E-state index contributed by atoms with van der Waals surface area (Å²) in [5, 5.41) is 5.46. The Morgan fingerprint density at radius 3 is 2.34 bits per heavy atom. The second-order valence-electron chi connectivity index (χ2n) is 7.26. The van der Waals surface area contributed by atoms with Crippen molar-refractivity contribution >= 4 is 29.4 Å². The molecule has 2 aromatic rings. The van der Waals surface area contributed by atoms with Crippen molar-refractivity contribution in [2.75, 3.05) is 18.6 Å². The zero-order valence-corrected chi connectivity index (χ0v) is 18.6. The molecule has 0 radical (unpaired) electrons. The molecule has 0 fully saturated rings. The van der Waals surface area contributed by atoms with Crippen molar-refractivity contribution in [1.29, 1.82) is 0 Å². The van der Waals surface area contributed by atoms with Crippen LogP contribution < -0.4 is 14.4 Å². The van der Waals surface area contributed by atoms with Crippen molar-refractivity contribution in [2.45, 2.75) is 33.9 Å². The van der Waals surface area contributed by atoms with Crippen LogP contribution in [-0.4, -0.2) is 48.6 Å². The lowest BCUT2D eigenvalue weighted by molar-refractivity contribution is -0.135. The van der Waals surface area contributed by atoms with Crippen LogP contribution in [0.3, 0.4) is 0 Å². The Kier molecular flexibility index (Phi) is 6.77. The molecule has 1 aliphatic heterocycles. The number of benzene rings is 2. The number of ether oxygens (including phenoxy) is 3. The number of aryl methyl sites for hydroxylation is 1. The van der Waals surface area contributed by atoms with Crippen LogP contribution >= 0.6 is 0 Å². The fourth-order valence-electron chi connectivity index (χ4n) is 3.21. The molecule has 0 saturated carbocycles. The summed E-state index contributed by atoms with van der Waals surface area (Å²) in [5.41, 5.74) is 2.07. The van der Waals surface area contributed by atoms with E-state index in [1.54, 1.807) is 18.2 Å². The minimum absolute atomic E-state index is 0.0534. The van der Waals surface area contributed by atoms with Gasteiger partial charge in [-0.2, -0.15) is 5.01 Å². The lowest BCUT2D eigenvalue weighted by Crippen LogP contribution is -2.44. The Morgan fingerprint density at radius 1 is 1.09 bits per heavy atom. The SMILES string of the molecule is COc1ccc(OC(C)=O)c(C2=NN(C(C)=O)[C@H](CN(C(C)=O)c3ccc(C)cc3)O2)c1. The summed E-state index contributed by atoms with van der Waals surface area (Å²) in [6, 6.07) is 12.2. The van der Waals surface area contributed by atoms with Crippen LogP contribution in [0.1, 0.15) is 31.9 Å². The standard InChI is InChI=1S/C23H25N3O6/c1-14-6-8-18(9-7-14)25(15(2)27)13-22-26(16(3)28)24-23(32-22)20-12-19(30-5)10-11-21(20)31-17(4)29/h6-12,22H,13H2,1-5H3/t22-/m0/s1. The fourth-order valence-corrected chi connectivity index (χ4v) is 3.21. The largest absolute Gasteiger partial charge is 0.497 e. The van der Waals surface area contributed by atoms with E-state index >= 15 is 0 Å². The number of anilines is 1. The first kappa shape index (κ1) is 22.8. The summed E-state index contributed by atoms with van der Waals surface area (Å²) in [7, 11) is 1.50. The third kappa shape index (κ3) is 5.05. The first-order valence-electron chi connectivity index (χ1n) is 9.96. The molecule has 0 aliphatic carbocycles. The molecular weight excluding hydrogens is 414 g/mol. The molecule has 0 aromatic heterocycles. The molecular formula is C23H25N3O6. The zero-order chi connectivity index (χ0) is 23.4. The number of hydrogen-bond acceptors (Lipinski definition) is 7. The van der Waals surface area contributed by atoms with E-state index in [1.165, 1.54) is 32.8 Å².